The van der Waals surface area contributed by atoms with Crippen LogP contribution in [-0.4, -0.2) is 47.0 Å². The van der Waals surface area contributed by atoms with Crippen molar-refractivity contribution in [2.75, 3.05) is 13.1 Å². The SMILES string of the molecule is N#C[C@@H]1CC(F)CN1C(=O)CNC(=O)c1c[nH]c2[c-]cccc12.[Co]. The number of hydrogen-bond donors (Lipinski definition) is 2. The second kappa shape index (κ2) is 7.46. The summed E-state index contributed by atoms with van der Waals surface area (Å²) in [5, 5.41) is 12.2. The molecule has 3 rings (SSSR count). The van der Waals surface area contributed by atoms with Crippen molar-refractivity contribution in [3.8, 4) is 6.07 Å². The molecule has 1 fully saturated rings. The van der Waals surface area contributed by atoms with Gasteiger partial charge in [0.2, 0.25) is 11.8 Å². The molecule has 2 N–H and O–H groups in total. The Hall–Kier alpha value is -2.37. The Balaban J connectivity index is 0.00000208. The molecule has 0 spiro atoms. The minimum atomic E-state index is -1.19. The summed E-state index contributed by atoms with van der Waals surface area (Å²) in [6.07, 6.45) is 0.379. The fraction of sp³-hybridized carbons (Fsp3) is 0.312. The molecule has 2 amide bonds. The summed E-state index contributed by atoms with van der Waals surface area (Å²) in [4.78, 5) is 28.4. The Morgan fingerprint density at radius 1 is 1.54 bits per heavy atom. The Bertz CT molecular complexity index is 801. The molecule has 2 atom stereocenters. The average molecular weight is 372 g/mol. The van der Waals surface area contributed by atoms with E-state index in [2.05, 4.69) is 16.4 Å². The van der Waals surface area contributed by atoms with Crippen LogP contribution in [0.2, 0.25) is 0 Å². The standard InChI is InChI=1S/C16H14FN4O2.Co/c17-10-5-11(6-18)21(9-10)15(22)8-20-16(23)13-7-19-14-4-2-1-3-12(13)14;/h1-3,7,10-11,19H,5,8-9H2,(H,20,23);/q-1;/t10?,11-;/m0./s1. The normalized spacial score (nSPS) is 19.6. The summed E-state index contributed by atoms with van der Waals surface area (Å²) in [6.45, 7) is -0.373. The first kappa shape index (κ1) is 18.0. The minimum Gasteiger partial charge on any atom is -0.384 e. The van der Waals surface area contributed by atoms with E-state index < -0.39 is 24.0 Å². The molecule has 1 aliphatic rings. The van der Waals surface area contributed by atoms with Crippen molar-refractivity contribution in [1.82, 2.24) is 15.2 Å². The van der Waals surface area contributed by atoms with Crippen molar-refractivity contribution < 1.29 is 30.8 Å². The fourth-order valence-electron chi connectivity index (χ4n) is 2.73. The van der Waals surface area contributed by atoms with Gasteiger partial charge in [0.25, 0.3) is 0 Å². The maximum absolute atomic E-state index is 13.3. The number of fused-ring (bicyclic) bond motifs is 1. The van der Waals surface area contributed by atoms with Gasteiger partial charge in [-0.05, 0) is 0 Å². The van der Waals surface area contributed by atoms with E-state index in [1.54, 1.807) is 24.4 Å². The van der Waals surface area contributed by atoms with Crippen LogP contribution >= 0.6 is 0 Å². The molecule has 2 heterocycles. The predicted octanol–water partition coefficient (Wildman–Crippen LogP) is 1.16. The molecule has 24 heavy (non-hydrogen) atoms. The molecule has 0 saturated carbocycles. The van der Waals surface area contributed by atoms with Crippen molar-refractivity contribution in [2.45, 2.75) is 18.6 Å². The monoisotopic (exact) mass is 372 g/mol. The summed E-state index contributed by atoms with van der Waals surface area (Å²) in [6, 6.07) is 9.38. The molecule has 127 valence electrons. The van der Waals surface area contributed by atoms with Crippen LogP contribution in [0.1, 0.15) is 16.8 Å². The zero-order valence-electron chi connectivity index (χ0n) is 12.5. The van der Waals surface area contributed by atoms with Crippen LogP contribution in [0, 0.1) is 17.4 Å². The molecule has 2 aromatic rings. The summed E-state index contributed by atoms with van der Waals surface area (Å²) >= 11 is 0. The number of alkyl halides is 1. The van der Waals surface area contributed by atoms with E-state index in [4.69, 9.17) is 5.26 Å². The van der Waals surface area contributed by atoms with Crippen LogP contribution in [0.25, 0.3) is 10.9 Å². The van der Waals surface area contributed by atoms with E-state index in [1.807, 2.05) is 6.07 Å². The first-order chi connectivity index (χ1) is 11.1. The Labute approximate surface area is 148 Å². The molecule has 1 unspecified atom stereocenters. The van der Waals surface area contributed by atoms with Gasteiger partial charge < -0.3 is 15.2 Å². The van der Waals surface area contributed by atoms with Gasteiger partial charge in [0.1, 0.15) is 12.2 Å². The third-order valence-electron chi connectivity index (χ3n) is 3.87. The summed E-state index contributed by atoms with van der Waals surface area (Å²) in [7, 11) is 0. The van der Waals surface area contributed by atoms with Gasteiger partial charge in [0.05, 0.1) is 19.2 Å². The molecule has 1 aliphatic heterocycles. The number of nitriles is 1. The first-order valence-electron chi connectivity index (χ1n) is 7.19. The smallest absolute Gasteiger partial charge is 0.243 e. The molecule has 1 radical (unpaired) electrons. The molecule has 8 heteroatoms. The van der Waals surface area contributed by atoms with Crippen LogP contribution in [0.5, 0.6) is 0 Å². The molecule has 0 bridgehead atoms. The van der Waals surface area contributed by atoms with Crippen LogP contribution in [-0.2, 0) is 21.6 Å². The van der Waals surface area contributed by atoms with Crippen LogP contribution < -0.4 is 5.32 Å². The van der Waals surface area contributed by atoms with Gasteiger partial charge in [-0.25, -0.2) is 4.39 Å². The zero-order chi connectivity index (χ0) is 16.4. The van der Waals surface area contributed by atoms with E-state index in [0.717, 1.165) is 0 Å². The number of hydrogen-bond acceptors (Lipinski definition) is 3. The van der Waals surface area contributed by atoms with Crippen molar-refractivity contribution in [3.63, 3.8) is 0 Å². The van der Waals surface area contributed by atoms with E-state index in [-0.39, 0.29) is 36.3 Å². The number of aromatic nitrogens is 1. The number of nitrogens with zero attached hydrogens (tertiary/aromatic N) is 2. The van der Waals surface area contributed by atoms with Crippen molar-refractivity contribution in [1.29, 1.82) is 5.26 Å². The second-order valence-electron chi connectivity index (χ2n) is 5.37. The molecule has 6 nitrogen and oxygen atoms in total. The van der Waals surface area contributed by atoms with Gasteiger partial charge in [0.15, 0.2) is 0 Å². The Morgan fingerprint density at radius 2 is 2.33 bits per heavy atom. The number of carbonyl (C=O) groups is 2. The van der Waals surface area contributed by atoms with Gasteiger partial charge in [0, 0.05) is 35.0 Å². The van der Waals surface area contributed by atoms with Crippen molar-refractivity contribution in [2.24, 2.45) is 0 Å². The molecule has 0 aliphatic carbocycles. The van der Waals surface area contributed by atoms with Crippen molar-refractivity contribution in [3.05, 3.63) is 36.0 Å². The van der Waals surface area contributed by atoms with Crippen LogP contribution in [0.3, 0.4) is 0 Å². The molecule has 1 saturated heterocycles. The van der Waals surface area contributed by atoms with Gasteiger partial charge in [-0.2, -0.15) is 29.5 Å². The number of carbonyl (C=O) groups excluding carboxylic acids is 2. The van der Waals surface area contributed by atoms with Crippen LogP contribution in [0.15, 0.2) is 24.4 Å². The fourth-order valence-corrected chi connectivity index (χ4v) is 2.73. The van der Waals surface area contributed by atoms with Gasteiger partial charge in [-0.15, -0.1) is 0 Å². The number of nitrogens with one attached hydrogen (secondary N) is 2. The van der Waals surface area contributed by atoms with Crippen molar-refractivity contribution >= 4 is 22.7 Å². The predicted molar refractivity (Wildman–Crippen MR) is 80.1 cm³/mol. The first-order valence-corrected chi connectivity index (χ1v) is 7.19. The number of likely N-dealkylation sites (tertiary alicyclic amines) is 1. The zero-order valence-corrected chi connectivity index (χ0v) is 13.5. The summed E-state index contributed by atoms with van der Waals surface area (Å²) in [5.74, 6) is -0.870. The topological polar surface area (TPSA) is 89.0 Å². The molecule has 1 aromatic heterocycles. The number of para-hydroxylation sites is 1. The summed E-state index contributed by atoms with van der Waals surface area (Å²) in [5.41, 5.74) is 1.11. The van der Waals surface area contributed by atoms with E-state index >= 15 is 0 Å². The average Bonchev–Trinajstić information content (AvgIpc) is 3.15. The van der Waals surface area contributed by atoms with Gasteiger partial charge in [-0.3, -0.25) is 9.59 Å². The third kappa shape index (κ3) is 3.42. The summed E-state index contributed by atoms with van der Waals surface area (Å²) < 4.78 is 13.3. The Kier molecular flexibility index (Phi) is 5.59. The number of rotatable bonds is 3. The van der Waals surface area contributed by atoms with E-state index in [0.29, 0.717) is 16.5 Å². The maximum atomic E-state index is 13.3. The molecular weight excluding hydrogens is 358 g/mol. The third-order valence-corrected chi connectivity index (χ3v) is 3.87. The van der Waals surface area contributed by atoms with E-state index in [9.17, 15) is 14.0 Å². The van der Waals surface area contributed by atoms with E-state index in [1.165, 1.54) is 4.90 Å². The Morgan fingerprint density at radius 3 is 3.08 bits per heavy atom. The number of halogens is 1. The second-order valence-corrected chi connectivity index (χ2v) is 5.37. The maximum Gasteiger partial charge on any atom is 0.243 e. The quantitative estimate of drug-likeness (QED) is 0.793. The minimum absolute atomic E-state index is 0. The van der Waals surface area contributed by atoms with Gasteiger partial charge >= 0.3 is 0 Å². The number of amides is 2. The molecule has 1 aromatic carbocycles. The van der Waals surface area contributed by atoms with Gasteiger partial charge in [-0.1, -0.05) is 10.9 Å². The number of H-pyrrole nitrogens is 1. The molecular formula is C16H14CoFN4O2-. The number of aromatic amines is 1. The number of benzene rings is 1. The van der Waals surface area contributed by atoms with Crippen LogP contribution in [0.4, 0.5) is 4.39 Å². The largest absolute Gasteiger partial charge is 0.384 e.